The van der Waals surface area contributed by atoms with Gasteiger partial charge in [0, 0.05) is 14.1 Å². The van der Waals surface area contributed by atoms with Gasteiger partial charge in [-0.2, -0.15) is 4.98 Å². The zero-order valence-electron chi connectivity index (χ0n) is 9.51. The summed E-state index contributed by atoms with van der Waals surface area (Å²) in [4.78, 5) is 19.8. The quantitative estimate of drug-likeness (QED) is 0.609. The number of amides is 1. The average Bonchev–Trinajstić information content (AvgIpc) is 2.27. The fourth-order valence-electron chi connectivity index (χ4n) is 1.10. The molecule has 0 aliphatic rings. The van der Waals surface area contributed by atoms with Gasteiger partial charge >= 0.3 is 0 Å². The van der Waals surface area contributed by atoms with E-state index in [0.717, 1.165) is 6.20 Å². The van der Waals surface area contributed by atoms with E-state index in [1.165, 1.54) is 4.90 Å². The lowest BCUT2D eigenvalue weighted by Gasteiger charge is -2.15. The molecule has 8 heteroatoms. The van der Waals surface area contributed by atoms with Crippen LogP contribution in [0.1, 0.15) is 0 Å². The number of aliphatic hydroxyl groups excluding tert-OH is 1. The largest absolute Gasteiger partial charge is 0.394 e. The molecule has 1 heterocycles. The Morgan fingerprint density at radius 2 is 2.35 bits per heavy atom. The number of hydrogen-bond donors (Lipinski definition) is 3. The van der Waals surface area contributed by atoms with E-state index >= 15 is 0 Å². The molecular weight excluding hydrogens is 229 g/mol. The number of rotatable bonds is 5. The molecule has 1 rings (SSSR count). The minimum atomic E-state index is -1.00. The number of nitrogens with two attached hydrogens (primary N) is 1. The average molecular weight is 243 g/mol. The predicted octanol–water partition coefficient (Wildman–Crippen LogP) is -1.06. The zero-order chi connectivity index (χ0) is 13.0. The van der Waals surface area contributed by atoms with Crippen molar-refractivity contribution >= 4 is 17.7 Å². The van der Waals surface area contributed by atoms with Crippen molar-refractivity contribution in [1.82, 2.24) is 9.97 Å². The topological polar surface area (TPSA) is 104 Å². The number of aliphatic hydroxyl groups is 1. The number of halogens is 1. The summed E-state index contributed by atoms with van der Waals surface area (Å²) in [5.41, 5.74) is 5.02. The highest BCUT2D eigenvalue weighted by Gasteiger charge is 2.16. The fourth-order valence-corrected chi connectivity index (χ4v) is 1.10. The maximum Gasteiger partial charge on any atom is 0.242 e. The van der Waals surface area contributed by atoms with Gasteiger partial charge < -0.3 is 21.1 Å². The molecule has 0 spiro atoms. The molecule has 0 radical (unpaired) electrons. The lowest BCUT2D eigenvalue weighted by Crippen LogP contribution is -2.39. The van der Waals surface area contributed by atoms with E-state index in [1.807, 2.05) is 0 Å². The molecule has 0 bridgehead atoms. The van der Waals surface area contributed by atoms with E-state index in [4.69, 9.17) is 10.8 Å². The van der Waals surface area contributed by atoms with Gasteiger partial charge in [0.1, 0.15) is 6.04 Å². The Balaban J connectivity index is 2.92. The van der Waals surface area contributed by atoms with E-state index in [2.05, 4.69) is 15.3 Å². The Kier molecular flexibility index (Phi) is 4.16. The van der Waals surface area contributed by atoms with Gasteiger partial charge in [0.2, 0.25) is 11.9 Å². The minimum Gasteiger partial charge on any atom is -0.394 e. The second-order valence-corrected chi connectivity index (χ2v) is 3.54. The van der Waals surface area contributed by atoms with Crippen LogP contribution in [-0.4, -0.2) is 47.7 Å². The first-order chi connectivity index (χ1) is 7.95. The summed E-state index contributed by atoms with van der Waals surface area (Å²) in [6, 6.07) is -1.00. The second-order valence-electron chi connectivity index (χ2n) is 3.54. The molecule has 0 saturated carbocycles. The van der Waals surface area contributed by atoms with Crippen LogP contribution in [0.15, 0.2) is 6.20 Å². The van der Waals surface area contributed by atoms with Crippen LogP contribution < -0.4 is 16.0 Å². The number of carbonyl (C=O) groups excluding carboxylic acids is 1. The summed E-state index contributed by atoms with van der Waals surface area (Å²) in [5.74, 6) is -1.23. The molecule has 1 atom stereocenters. The fraction of sp³-hybridized carbons (Fsp3) is 0.444. The molecule has 0 aliphatic carbocycles. The Bertz CT molecular complexity index is 412. The first-order valence-electron chi connectivity index (χ1n) is 4.82. The predicted molar refractivity (Wildman–Crippen MR) is 60.0 cm³/mol. The Morgan fingerprint density at radius 3 is 2.82 bits per heavy atom. The summed E-state index contributed by atoms with van der Waals surface area (Å²) in [6.45, 7) is -0.493. The molecule has 0 aliphatic heterocycles. The Hall–Kier alpha value is -1.96. The molecule has 0 unspecified atom stereocenters. The molecule has 17 heavy (non-hydrogen) atoms. The monoisotopic (exact) mass is 243 g/mol. The Labute approximate surface area is 97.5 Å². The highest BCUT2D eigenvalue weighted by molar-refractivity contribution is 5.82. The number of aromatic nitrogens is 2. The lowest BCUT2D eigenvalue weighted by molar-refractivity contribution is -0.119. The number of carbonyl (C=O) groups is 1. The van der Waals surface area contributed by atoms with Crippen molar-refractivity contribution in [3.05, 3.63) is 12.0 Å². The molecule has 4 N–H and O–H groups in total. The molecular formula is C9H14FN5O2. The van der Waals surface area contributed by atoms with Gasteiger partial charge in [-0.25, -0.2) is 9.37 Å². The van der Waals surface area contributed by atoms with Gasteiger partial charge in [-0.3, -0.25) is 4.79 Å². The van der Waals surface area contributed by atoms with E-state index in [1.54, 1.807) is 14.1 Å². The van der Waals surface area contributed by atoms with Gasteiger partial charge in [-0.05, 0) is 0 Å². The summed E-state index contributed by atoms with van der Waals surface area (Å²) in [5, 5.41) is 11.4. The van der Waals surface area contributed by atoms with Crippen LogP contribution in [0.25, 0.3) is 0 Å². The molecule has 1 aromatic heterocycles. The van der Waals surface area contributed by atoms with Crippen molar-refractivity contribution < 1.29 is 14.3 Å². The van der Waals surface area contributed by atoms with Crippen molar-refractivity contribution in [2.75, 3.05) is 30.9 Å². The molecule has 1 aromatic rings. The van der Waals surface area contributed by atoms with Crippen molar-refractivity contribution in [3.63, 3.8) is 0 Å². The molecule has 1 amide bonds. The van der Waals surface area contributed by atoms with Gasteiger partial charge in [0.15, 0.2) is 11.6 Å². The highest BCUT2D eigenvalue weighted by Crippen LogP contribution is 2.14. The number of anilines is 2. The number of nitrogens with one attached hydrogen (secondary N) is 1. The standard InChI is InChI=1S/C9H14FN5O2/c1-15(2)8-5(10)3-12-9(14-8)13-6(4-16)7(11)17/h3,6,16H,4H2,1-2H3,(H2,11,17)(H,12,13,14)/t6-/m0/s1. The SMILES string of the molecule is CN(C)c1nc(N[C@@H](CO)C(N)=O)ncc1F. The number of nitrogens with zero attached hydrogens (tertiary/aromatic N) is 3. The minimum absolute atomic E-state index is 0.0213. The number of hydrogen-bond acceptors (Lipinski definition) is 6. The first kappa shape index (κ1) is 13.1. The third kappa shape index (κ3) is 3.25. The maximum absolute atomic E-state index is 13.3. The van der Waals surface area contributed by atoms with Crippen LogP contribution in [0.3, 0.4) is 0 Å². The van der Waals surface area contributed by atoms with Crippen LogP contribution in [0.5, 0.6) is 0 Å². The normalized spacial score (nSPS) is 12.0. The van der Waals surface area contributed by atoms with Gasteiger partial charge in [0.05, 0.1) is 12.8 Å². The Morgan fingerprint density at radius 1 is 1.71 bits per heavy atom. The van der Waals surface area contributed by atoms with E-state index in [0.29, 0.717) is 0 Å². The van der Waals surface area contributed by atoms with Crippen LogP contribution >= 0.6 is 0 Å². The molecule has 7 nitrogen and oxygen atoms in total. The van der Waals surface area contributed by atoms with E-state index in [-0.39, 0.29) is 11.8 Å². The molecule has 94 valence electrons. The van der Waals surface area contributed by atoms with Crippen molar-refractivity contribution in [2.24, 2.45) is 5.73 Å². The van der Waals surface area contributed by atoms with Crippen molar-refractivity contribution in [3.8, 4) is 0 Å². The summed E-state index contributed by atoms with van der Waals surface area (Å²) < 4.78 is 13.3. The maximum atomic E-state index is 13.3. The summed E-state index contributed by atoms with van der Waals surface area (Å²) in [6.07, 6.45) is 0.972. The lowest BCUT2D eigenvalue weighted by atomic mass is 10.3. The van der Waals surface area contributed by atoms with E-state index < -0.39 is 24.4 Å². The van der Waals surface area contributed by atoms with Crippen molar-refractivity contribution in [2.45, 2.75) is 6.04 Å². The molecule has 0 fully saturated rings. The van der Waals surface area contributed by atoms with Gasteiger partial charge in [0.25, 0.3) is 0 Å². The second kappa shape index (κ2) is 5.39. The van der Waals surface area contributed by atoms with E-state index in [9.17, 15) is 9.18 Å². The van der Waals surface area contributed by atoms with Gasteiger partial charge in [-0.15, -0.1) is 0 Å². The third-order valence-corrected chi connectivity index (χ3v) is 1.98. The highest BCUT2D eigenvalue weighted by atomic mass is 19.1. The first-order valence-corrected chi connectivity index (χ1v) is 4.82. The van der Waals surface area contributed by atoms with Gasteiger partial charge in [-0.1, -0.05) is 0 Å². The summed E-state index contributed by atoms with van der Waals surface area (Å²) >= 11 is 0. The van der Waals surface area contributed by atoms with Crippen LogP contribution in [-0.2, 0) is 4.79 Å². The third-order valence-electron chi connectivity index (χ3n) is 1.98. The zero-order valence-corrected chi connectivity index (χ0v) is 9.51. The summed E-state index contributed by atoms with van der Waals surface area (Å²) in [7, 11) is 3.24. The molecule has 0 aromatic carbocycles. The number of primary amides is 1. The smallest absolute Gasteiger partial charge is 0.242 e. The molecule has 0 saturated heterocycles. The van der Waals surface area contributed by atoms with Crippen LogP contribution in [0, 0.1) is 5.82 Å². The van der Waals surface area contributed by atoms with Crippen LogP contribution in [0.2, 0.25) is 0 Å². The van der Waals surface area contributed by atoms with Crippen molar-refractivity contribution in [1.29, 1.82) is 0 Å². The van der Waals surface area contributed by atoms with Crippen LogP contribution in [0.4, 0.5) is 16.2 Å².